The number of pyridine rings is 1. The van der Waals surface area contributed by atoms with Gasteiger partial charge in [0.15, 0.2) is 11.5 Å². The van der Waals surface area contributed by atoms with Crippen LogP contribution in [-0.2, 0) is 0 Å². The van der Waals surface area contributed by atoms with Crippen LogP contribution in [0.25, 0.3) is 11.0 Å². The van der Waals surface area contributed by atoms with Crippen LogP contribution < -0.4 is 15.8 Å². The number of nitrogens with zero attached hydrogens (tertiary/aromatic N) is 3. The molecule has 0 spiro atoms. The van der Waals surface area contributed by atoms with Gasteiger partial charge in [-0.2, -0.15) is 4.91 Å². The van der Waals surface area contributed by atoms with Crippen molar-refractivity contribution in [3.05, 3.63) is 45.7 Å². The summed E-state index contributed by atoms with van der Waals surface area (Å²) in [5, 5.41) is 12.5. The Labute approximate surface area is 177 Å². The van der Waals surface area contributed by atoms with E-state index in [-0.39, 0.29) is 22.4 Å². The van der Waals surface area contributed by atoms with Gasteiger partial charge in [0.25, 0.3) is 5.91 Å². The Morgan fingerprint density at radius 3 is 2.77 bits per heavy atom. The number of carbonyl (C=O) groups excluding carboxylic acids is 1. The Bertz CT molecular complexity index is 1040. The fraction of sp³-hybridized carbons (Fsp3) is 0.316. The van der Waals surface area contributed by atoms with Gasteiger partial charge in [0, 0.05) is 0 Å². The number of aromatic amines is 1. The van der Waals surface area contributed by atoms with Crippen molar-refractivity contribution in [1.29, 1.82) is 0 Å². The van der Waals surface area contributed by atoms with Crippen LogP contribution in [0.15, 0.2) is 29.6 Å². The van der Waals surface area contributed by atoms with E-state index in [1.807, 2.05) is 20.8 Å². The minimum absolute atomic E-state index is 0.0367. The molecular formula is C19H22ClFN6O3. The zero-order valence-electron chi connectivity index (χ0n) is 16.7. The lowest BCUT2D eigenvalue weighted by Crippen LogP contribution is -2.15. The largest absolute Gasteiger partial charge is 0.473 e. The fourth-order valence-electron chi connectivity index (χ4n) is 2.32. The standard InChI is InChI=1S/C16H15ClFN5O2.C3H7NO/c1-7(2)25-16-9-5-8(6-20-14(9)22-23-16)21-15(24)12-10(17)3-4-11(19)13(12)18;1-2-3-4-5/h3-7H,19H2,1-2H3,(H,21,24)(H,20,22,23);2-3H2,1H3. The lowest BCUT2D eigenvalue weighted by molar-refractivity contribution is 0.102. The van der Waals surface area contributed by atoms with Crippen LogP contribution in [0.4, 0.5) is 15.8 Å². The van der Waals surface area contributed by atoms with Crippen molar-refractivity contribution in [3.8, 4) is 5.88 Å². The van der Waals surface area contributed by atoms with Gasteiger partial charge in [-0.1, -0.05) is 23.7 Å². The van der Waals surface area contributed by atoms with E-state index in [0.717, 1.165) is 6.42 Å². The number of anilines is 2. The summed E-state index contributed by atoms with van der Waals surface area (Å²) in [7, 11) is 0. The Hall–Kier alpha value is -3.27. The van der Waals surface area contributed by atoms with Crippen LogP contribution in [0.2, 0.25) is 5.02 Å². The van der Waals surface area contributed by atoms with E-state index >= 15 is 0 Å². The number of ether oxygens (including phenoxy) is 1. The van der Waals surface area contributed by atoms with Crippen molar-refractivity contribution in [2.45, 2.75) is 33.3 Å². The molecule has 0 aliphatic rings. The number of halogens is 2. The molecule has 3 rings (SSSR count). The zero-order valence-corrected chi connectivity index (χ0v) is 17.5. The minimum Gasteiger partial charge on any atom is -0.473 e. The Balaban J connectivity index is 0.000000575. The predicted octanol–water partition coefficient (Wildman–Crippen LogP) is 4.53. The molecule has 1 amide bonds. The van der Waals surface area contributed by atoms with Gasteiger partial charge in [-0.05, 0) is 38.5 Å². The number of hydrogen-bond acceptors (Lipinski definition) is 7. The minimum atomic E-state index is -0.869. The highest BCUT2D eigenvalue weighted by Crippen LogP contribution is 2.27. The Morgan fingerprint density at radius 2 is 2.17 bits per heavy atom. The van der Waals surface area contributed by atoms with E-state index < -0.39 is 11.7 Å². The molecule has 0 aliphatic carbocycles. The van der Waals surface area contributed by atoms with Crippen molar-refractivity contribution in [1.82, 2.24) is 15.2 Å². The molecule has 3 aromatic rings. The van der Waals surface area contributed by atoms with Crippen LogP contribution in [0.5, 0.6) is 5.88 Å². The number of nitrogens with two attached hydrogens (primary N) is 1. The summed E-state index contributed by atoms with van der Waals surface area (Å²) >= 11 is 5.92. The predicted molar refractivity (Wildman–Crippen MR) is 114 cm³/mol. The average molecular weight is 437 g/mol. The van der Waals surface area contributed by atoms with E-state index in [2.05, 4.69) is 25.7 Å². The number of rotatable bonds is 6. The SMILES string of the molecule is CC(C)Oc1n[nH]c2ncc(NC(=O)c3c(Cl)ccc(N)c3F)cc12.CCCN=O. The maximum absolute atomic E-state index is 14.1. The van der Waals surface area contributed by atoms with Gasteiger partial charge in [0.1, 0.15) is 0 Å². The molecule has 0 aliphatic heterocycles. The van der Waals surface area contributed by atoms with Gasteiger partial charge in [-0.25, -0.2) is 9.37 Å². The second-order valence-corrected chi connectivity index (χ2v) is 6.86. The number of amides is 1. The molecule has 160 valence electrons. The van der Waals surface area contributed by atoms with Gasteiger partial charge >= 0.3 is 0 Å². The van der Waals surface area contributed by atoms with Gasteiger partial charge in [0.05, 0.1) is 46.2 Å². The maximum Gasteiger partial charge on any atom is 0.260 e. The molecular weight excluding hydrogens is 415 g/mol. The smallest absolute Gasteiger partial charge is 0.260 e. The topological polar surface area (TPSA) is 135 Å². The zero-order chi connectivity index (χ0) is 22.3. The first-order valence-corrected chi connectivity index (χ1v) is 9.50. The van der Waals surface area contributed by atoms with Gasteiger partial charge in [0.2, 0.25) is 5.88 Å². The van der Waals surface area contributed by atoms with Crippen molar-refractivity contribution in [2.75, 3.05) is 17.6 Å². The summed E-state index contributed by atoms with van der Waals surface area (Å²) in [6.07, 6.45) is 2.20. The van der Waals surface area contributed by atoms with Crippen LogP contribution in [0.1, 0.15) is 37.6 Å². The third-order valence-electron chi connectivity index (χ3n) is 3.65. The van der Waals surface area contributed by atoms with Crippen LogP contribution in [0, 0.1) is 10.7 Å². The number of nitrogens with one attached hydrogen (secondary N) is 2. The van der Waals surface area contributed by atoms with Gasteiger partial charge in [-0.15, -0.1) is 5.10 Å². The number of H-pyrrole nitrogens is 1. The summed E-state index contributed by atoms with van der Waals surface area (Å²) in [6, 6.07) is 4.28. The van der Waals surface area contributed by atoms with Crippen LogP contribution >= 0.6 is 11.6 Å². The first kappa shape index (κ1) is 23.0. The molecule has 0 saturated carbocycles. The number of nitroso groups, excluding NO2 is 1. The molecule has 1 aromatic carbocycles. The molecule has 2 aromatic heterocycles. The quantitative estimate of drug-likeness (QED) is 0.383. The first-order chi connectivity index (χ1) is 14.3. The van der Waals surface area contributed by atoms with Gasteiger partial charge < -0.3 is 15.8 Å². The summed E-state index contributed by atoms with van der Waals surface area (Å²) in [5.74, 6) is -1.24. The van der Waals surface area contributed by atoms with E-state index in [1.165, 1.54) is 18.3 Å². The Morgan fingerprint density at radius 1 is 1.43 bits per heavy atom. The lowest BCUT2D eigenvalue weighted by atomic mass is 10.1. The molecule has 0 fully saturated rings. The van der Waals surface area contributed by atoms with Crippen molar-refractivity contribution < 1.29 is 13.9 Å². The second kappa shape index (κ2) is 10.5. The van der Waals surface area contributed by atoms with Gasteiger partial charge in [-0.3, -0.25) is 9.89 Å². The van der Waals surface area contributed by atoms with Crippen molar-refractivity contribution in [2.24, 2.45) is 5.18 Å². The van der Waals surface area contributed by atoms with E-state index in [1.54, 1.807) is 6.07 Å². The third kappa shape index (κ3) is 5.63. The molecule has 30 heavy (non-hydrogen) atoms. The summed E-state index contributed by atoms with van der Waals surface area (Å²) in [6.45, 7) is 6.11. The number of carbonyl (C=O) groups is 1. The number of aromatic nitrogens is 3. The maximum atomic E-state index is 14.1. The van der Waals surface area contributed by atoms with Crippen LogP contribution in [0.3, 0.4) is 0 Å². The summed E-state index contributed by atoms with van der Waals surface area (Å²) in [4.78, 5) is 25.7. The molecule has 0 radical (unpaired) electrons. The molecule has 0 unspecified atom stereocenters. The number of fused-ring (bicyclic) bond motifs is 1. The summed E-state index contributed by atoms with van der Waals surface area (Å²) < 4.78 is 19.7. The first-order valence-electron chi connectivity index (χ1n) is 9.13. The molecule has 2 heterocycles. The summed E-state index contributed by atoms with van der Waals surface area (Å²) in [5.41, 5.74) is 5.84. The highest BCUT2D eigenvalue weighted by Gasteiger charge is 2.19. The molecule has 0 atom stereocenters. The highest BCUT2D eigenvalue weighted by molar-refractivity contribution is 6.34. The molecule has 9 nitrogen and oxygen atoms in total. The monoisotopic (exact) mass is 436 g/mol. The van der Waals surface area contributed by atoms with Crippen molar-refractivity contribution in [3.63, 3.8) is 0 Å². The van der Waals surface area contributed by atoms with Crippen LogP contribution in [-0.4, -0.2) is 33.7 Å². The third-order valence-corrected chi connectivity index (χ3v) is 3.96. The van der Waals surface area contributed by atoms with Crippen molar-refractivity contribution >= 4 is 39.9 Å². The molecule has 0 saturated heterocycles. The highest BCUT2D eigenvalue weighted by atomic mass is 35.5. The lowest BCUT2D eigenvalue weighted by Gasteiger charge is -2.10. The number of hydrogen-bond donors (Lipinski definition) is 3. The van der Waals surface area contributed by atoms with E-state index in [0.29, 0.717) is 29.1 Å². The second-order valence-electron chi connectivity index (χ2n) is 6.45. The molecule has 11 heteroatoms. The number of nitrogen functional groups attached to an aromatic ring is 1. The van der Waals surface area contributed by atoms with E-state index in [4.69, 9.17) is 27.0 Å². The number of benzene rings is 1. The van der Waals surface area contributed by atoms with E-state index in [9.17, 15) is 9.18 Å². The fourth-order valence-corrected chi connectivity index (χ4v) is 2.56. The average Bonchev–Trinajstić information content (AvgIpc) is 3.08. The normalized spacial score (nSPS) is 10.5. The molecule has 4 N–H and O–H groups in total. The Kier molecular flexibility index (Phi) is 8.05. The molecule has 0 bridgehead atoms.